The van der Waals surface area contributed by atoms with E-state index in [0.29, 0.717) is 11.6 Å². The highest BCUT2D eigenvalue weighted by Gasteiger charge is 2.35. The van der Waals surface area contributed by atoms with E-state index in [0.717, 1.165) is 6.54 Å². The van der Waals surface area contributed by atoms with Crippen molar-refractivity contribution in [2.45, 2.75) is 51.1 Å². The summed E-state index contributed by atoms with van der Waals surface area (Å²) >= 11 is 1.76. The lowest BCUT2D eigenvalue weighted by atomic mass is 9.95. The standard InChI is InChI=1S/C14H25N3S/c1-11(13-12(2)16-10-18-13)15-9-14(17(3)4)7-5-6-8-14/h10-11,15H,5-9H2,1-4H3. The first-order chi connectivity index (χ1) is 8.55. The second kappa shape index (κ2) is 5.68. The molecule has 1 heterocycles. The molecule has 1 atom stereocenters. The van der Waals surface area contributed by atoms with Crippen LogP contribution in [0.2, 0.25) is 0 Å². The molecule has 1 N–H and O–H groups in total. The Kier molecular flexibility index (Phi) is 4.41. The van der Waals surface area contributed by atoms with E-state index in [1.54, 1.807) is 11.3 Å². The molecule has 1 unspecified atom stereocenters. The molecule has 1 aliphatic rings. The second-order valence-electron chi connectivity index (χ2n) is 5.73. The fourth-order valence-corrected chi connectivity index (χ4v) is 3.81. The Balaban J connectivity index is 1.96. The molecule has 1 aliphatic carbocycles. The average Bonchev–Trinajstić information content (AvgIpc) is 2.95. The maximum atomic E-state index is 4.34. The highest BCUT2D eigenvalue weighted by atomic mass is 32.1. The number of thiazole rings is 1. The molecule has 1 aromatic rings. The summed E-state index contributed by atoms with van der Waals surface area (Å²) in [4.78, 5) is 8.13. The average molecular weight is 267 g/mol. The summed E-state index contributed by atoms with van der Waals surface area (Å²) in [7, 11) is 4.44. The molecule has 3 nitrogen and oxygen atoms in total. The van der Waals surface area contributed by atoms with Gasteiger partial charge in [0, 0.05) is 23.0 Å². The minimum absolute atomic E-state index is 0.368. The highest BCUT2D eigenvalue weighted by Crippen LogP contribution is 2.34. The zero-order chi connectivity index (χ0) is 13.2. The Morgan fingerprint density at radius 1 is 1.44 bits per heavy atom. The zero-order valence-corrected chi connectivity index (χ0v) is 12.8. The van der Waals surface area contributed by atoms with Crippen LogP contribution in [0.15, 0.2) is 5.51 Å². The van der Waals surface area contributed by atoms with Crippen molar-refractivity contribution in [1.82, 2.24) is 15.2 Å². The molecule has 0 bridgehead atoms. The fraction of sp³-hybridized carbons (Fsp3) is 0.786. The molecule has 4 heteroatoms. The van der Waals surface area contributed by atoms with Gasteiger partial charge in [0.15, 0.2) is 0 Å². The lowest BCUT2D eigenvalue weighted by Gasteiger charge is -2.37. The summed E-state index contributed by atoms with van der Waals surface area (Å²) in [6.07, 6.45) is 5.38. The van der Waals surface area contributed by atoms with E-state index in [-0.39, 0.29) is 0 Å². The van der Waals surface area contributed by atoms with E-state index < -0.39 is 0 Å². The van der Waals surface area contributed by atoms with Crippen molar-refractivity contribution in [3.63, 3.8) is 0 Å². The molecule has 0 saturated heterocycles. The van der Waals surface area contributed by atoms with Gasteiger partial charge in [-0.15, -0.1) is 11.3 Å². The van der Waals surface area contributed by atoms with Crippen molar-refractivity contribution < 1.29 is 0 Å². The Hall–Kier alpha value is -0.450. The summed E-state index contributed by atoms with van der Waals surface area (Å²) in [5, 5.41) is 3.72. The van der Waals surface area contributed by atoms with Gasteiger partial charge in [-0.25, -0.2) is 4.98 Å². The largest absolute Gasteiger partial charge is 0.308 e. The minimum atomic E-state index is 0.368. The number of aryl methyl sites for hydroxylation is 1. The van der Waals surface area contributed by atoms with Crippen molar-refractivity contribution in [1.29, 1.82) is 0 Å². The third kappa shape index (κ3) is 2.76. The fourth-order valence-electron chi connectivity index (χ4n) is 2.98. The number of nitrogens with zero attached hydrogens (tertiary/aromatic N) is 2. The quantitative estimate of drug-likeness (QED) is 0.889. The van der Waals surface area contributed by atoms with Gasteiger partial charge in [-0.05, 0) is 40.8 Å². The van der Waals surface area contributed by atoms with Gasteiger partial charge in [0.05, 0.1) is 11.2 Å². The van der Waals surface area contributed by atoms with Crippen LogP contribution in [0.5, 0.6) is 0 Å². The monoisotopic (exact) mass is 267 g/mol. The van der Waals surface area contributed by atoms with Gasteiger partial charge in [0.1, 0.15) is 0 Å². The predicted octanol–water partition coefficient (Wildman–Crippen LogP) is 2.98. The molecule has 0 aliphatic heterocycles. The third-order valence-electron chi connectivity index (χ3n) is 4.40. The van der Waals surface area contributed by atoms with Crippen LogP contribution in [-0.2, 0) is 0 Å². The van der Waals surface area contributed by atoms with Crippen molar-refractivity contribution >= 4 is 11.3 Å². The van der Waals surface area contributed by atoms with Crippen molar-refractivity contribution in [2.24, 2.45) is 0 Å². The topological polar surface area (TPSA) is 28.2 Å². The van der Waals surface area contributed by atoms with Crippen molar-refractivity contribution in [3.05, 3.63) is 16.1 Å². The first-order valence-electron chi connectivity index (χ1n) is 6.86. The Labute approximate surface area is 115 Å². The van der Waals surface area contributed by atoms with Crippen LogP contribution in [0, 0.1) is 6.92 Å². The lowest BCUT2D eigenvalue weighted by molar-refractivity contribution is 0.150. The molecule has 0 aromatic carbocycles. The van der Waals surface area contributed by atoms with Crippen LogP contribution < -0.4 is 5.32 Å². The Morgan fingerprint density at radius 2 is 2.11 bits per heavy atom. The van der Waals surface area contributed by atoms with Crippen LogP contribution in [0.4, 0.5) is 0 Å². The van der Waals surface area contributed by atoms with Crippen LogP contribution in [0.3, 0.4) is 0 Å². The van der Waals surface area contributed by atoms with Crippen LogP contribution in [-0.4, -0.2) is 36.1 Å². The van der Waals surface area contributed by atoms with Crippen LogP contribution in [0.25, 0.3) is 0 Å². The van der Waals surface area contributed by atoms with Gasteiger partial charge in [-0.1, -0.05) is 12.8 Å². The molecular formula is C14H25N3S. The third-order valence-corrected chi connectivity index (χ3v) is 5.51. The summed E-state index contributed by atoms with van der Waals surface area (Å²) in [5.41, 5.74) is 3.48. The number of hydrogen-bond acceptors (Lipinski definition) is 4. The molecule has 0 spiro atoms. The van der Waals surface area contributed by atoms with Gasteiger partial charge in [-0.2, -0.15) is 0 Å². The van der Waals surface area contributed by atoms with Gasteiger partial charge >= 0.3 is 0 Å². The van der Waals surface area contributed by atoms with Crippen molar-refractivity contribution in [2.75, 3.05) is 20.6 Å². The van der Waals surface area contributed by atoms with Crippen LogP contribution in [0.1, 0.15) is 49.2 Å². The number of nitrogens with one attached hydrogen (secondary N) is 1. The molecule has 102 valence electrons. The van der Waals surface area contributed by atoms with E-state index in [1.165, 1.54) is 36.3 Å². The van der Waals surface area contributed by atoms with Crippen LogP contribution >= 0.6 is 11.3 Å². The normalized spacial score (nSPS) is 20.5. The molecule has 0 radical (unpaired) electrons. The number of hydrogen-bond donors (Lipinski definition) is 1. The van der Waals surface area contributed by atoms with Gasteiger partial charge in [0.25, 0.3) is 0 Å². The predicted molar refractivity (Wildman–Crippen MR) is 78.2 cm³/mol. The molecule has 1 aromatic heterocycles. The Morgan fingerprint density at radius 3 is 2.61 bits per heavy atom. The zero-order valence-electron chi connectivity index (χ0n) is 12.0. The Bertz CT molecular complexity index is 380. The number of rotatable bonds is 5. The van der Waals surface area contributed by atoms with E-state index in [9.17, 15) is 0 Å². The second-order valence-corrected chi connectivity index (χ2v) is 6.62. The minimum Gasteiger partial charge on any atom is -0.308 e. The SMILES string of the molecule is Cc1ncsc1C(C)NCC1(N(C)C)CCCC1. The van der Waals surface area contributed by atoms with Gasteiger partial charge < -0.3 is 10.2 Å². The molecule has 1 fully saturated rings. The first kappa shape index (κ1) is 14.0. The first-order valence-corrected chi connectivity index (χ1v) is 7.74. The van der Waals surface area contributed by atoms with E-state index in [4.69, 9.17) is 0 Å². The molecular weight excluding hydrogens is 242 g/mol. The highest BCUT2D eigenvalue weighted by molar-refractivity contribution is 7.09. The molecule has 18 heavy (non-hydrogen) atoms. The molecule has 0 amide bonds. The summed E-state index contributed by atoms with van der Waals surface area (Å²) in [6.45, 7) is 5.43. The maximum absolute atomic E-state index is 4.34. The lowest BCUT2D eigenvalue weighted by Crippen LogP contribution is -2.50. The summed E-state index contributed by atoms with van der Waals surface area (Å²) in [6, 6.07) is 0.412. The van der Waals surface area contributed by atoms with Gasteiger partial charge in [-0.3, -0.25) is 0 Å². The van der Waals surface area contributed by atoms with Gasteiger partial charge in [0.2, 0.25) is 0 Å². The summed E-state index contributed by atoms with van der Waals surface area (Å²) in [5.74, 6) is 0. The van der Waals surface area contributed by atoms with E-state index in [2.05, 4.69) is 43.1 Å². The van der Waals surface area contributed by atoms with E-state index in [1.807, 2.05) is 5.51 Å². The number of aromatic nitrogens is 1. The summed E-state index contributed by atoms with van der Waals surface area (Å²) < 4.78 is 0. The van der Waals surface area contributed by atoms with Crippen molar-refractivity contribution in [3.8, 4) is 0 Å². The van der Waals surface area contributed by atoms with E-state index >= 15 is 0 Å². The number of likely N-dealkylation sites (N-methyl/N-ethyl adjacent to an activating group) is 1. The molecule has 2 rings (SSSR count). The molecule has 1 saturated carbocycles. The maximum Gasteiger partial charge on any atom is 0.0798 e. The smallest absolute Gasteiger partial charge is 0.0798 e.